The molecule has 31 heavy (non-hydrogen) atoms. The van der Waals surface area contributed by atoms with Crippen LogP contribution >= 0.6 is 35.0 Å². The van der Waals surface area contributed by atoms with Crippen molar-refractivity contribution in [2.75, 3.05) is 0 Å². The van der Waals surface area contributed by atoms with Crippen LogP contribution in [0.3, 0.4) is 0 Å². The van der Waals surface area contributed by atoms with Crippen LogP contribution in [0.4, 0.5) is 0 Å². The predicted molar refractivity (Wildman–Crippen MR) is 132 cm³/mol. The highest BCUT2D eigenvalue weighted by atomic mass is 35.5. The standard InChI is InChI=1S/C25H23Cl2N3S/c1-25(2,3)19-12-9-17(10-13-19)23-28-29-24(30(23)21-7-5-4-6-8-21)31-16-18-11-14-20(26)15-22(18)27/h4-15H,16H2,1-3H3. The molecule has 0 aliphatic carbocycles. The van der Waals surface area contributed by atoms with Gasteiger partial charge in [-0.05, 0) is 40.8 Å². The first-order valence-electron chi connectivity index (χ1n) is 10.0. The van der Waals surface area contributed by atoms with Crippen molar-refractivity contribution >= 4 is 35.0 Å². The molecule has 4 rings (SSSR count). The lowest BCUT2D eigenvalue weighted by Gasteiger charge is -2.19. The van der Waals surface area contributed by atoms with Gasteiger partial charge in [0, 0.05) is 27.0 Å². The van der Waals surface area contributed by atoms with E-state index in [1.807, 2.05) is 30.3 Å². The van der Waals surface area contributed by atoms with E-state index >= 15 is 0 Å². The van der Waals surface area contributed by atoms with Crippen LogP contribution in [-0.2, 0) is 11.2 Å². The van der Waals surface area contributed by atoms with Crippen molar-refractivity contribution in [3.8, 4) is 17.1 Å². The van der Waals surface area contributed by atoms with Gasteiger partial charge in [-0.15, -0.1) is 10.2 Å². The van der Waals surface area contributed by atoms with E-state index in [-0.39, 0.29) is 5.41 Å². The second-order valence-electron chi connectivity index (χ2n) is 8.33. The van der Waals surface area contributed by atoms with Crippen LogP contribution in [0.1, 0.15) is 31.9 Å². The van der Waals surface area contributed by atoms with Crippen molar-refractivity contribution in [2.24, 2.45) is 0 Å². The fourth-order valence-corrected chi connectivity index (χ4v) is 4.77. The van der Waals surface area contributed by atoms with Crippen molar-refractivity contribution < 1.29 is 0 Å². The molecule has 0 fully saturated rings. The number of rotatable bonds is 5. The molecule has 0 saturated carbocycles. The quantitative estimate of drug-likeness (QED) is 0.280. The summed E-state index contributed by atoms with van der Waals surface area (Å²) in [5.41, 5.74) is 4.45. The summed E-state index contributed by atoms with van der Waals surface area (Å²) in [6, 6.07) is 24.3. The Labute approximate surface area is 197 Å². The molecular weight excluding hydrogens is 445 g/mol. The average Bonchev–Trinajstić information content (AvgIpc) is 3.17. The number of para-hydroxylation sites is 1. The van der Waals surface area contributed by atoms with Gasteiger partial charge in [0.1, 0.15) is 0 Å². The molecule has 0 N–H and O–H groups in total. The first kappa shape index (κ1) is 21.9. The van der Waals surface area contributed by atoms with Crippen LogP contribution in [0.5, 0.6) is 0 Å². The minimum Gasteiger partial charge on any atom is -0.270 e. The van der Waals surface area contributed by atoms with Crippen LogP contribution < -0.4 is 0 Å². The molecule has 4 aromatic rings. The summed E-state index contributed by atoms with van der Waals surface area (Å²) in [5, 5.41) is 11.2. The molecule has 0 spiro atoms. The molecule has 0 aliphatic rings. The van der Waals surface area contributed by atoms with Gasteiger partial charge in [-0.3, -0.25) is 4.57 Å². The number of aromatic nitrogens is 3. The van der Waals surface area contributed by atoms with Gasteiger partial charge in [-0.2, -0.15) is 0 Å². The van der Waals surface area contributed by atoms with Crippen molar-refractivity contribution in [1.82, 2.24) is 14.8 Å². The van der Waals surface area contributed by atoms with Crippen LogP contribution in [0.25, 0.3) is 17.1 Å². The van der Waals surface area contributed by atoms with Gasteiger partial charge >= 0.3 is 0 Å². The second kappa shape index (κ2) is 9.07. The summed E-state index contributed by atoms with van der Waals surface area (Å²) < 4.78 is 2.10. The Morgan fingerprint density at radius 2 is 1.58 bits per heavy atom. The Kier molecular flexibility index (Phi) is 6.42. The summed E-state index contributed by atoms with van der Waals surface area (Å²) in [5.74, 6) is 1.49. The van der Waals surface area contributed by atoms with E-state index in [9.17, 15) is 0 Å². The van der Waals surface area contributed by atoms with Crippen LogP contribution in [0.2, 0.25) is 10.0 Å². The largest absolute Gasteiger partial charge is 0.270 e. The molecule has 0 saturated heterocycles. The highest BCUT2D eigenvalue weighted by Crippen LogP contribution is 2.33. The van der Waals surface area contributed by atoms with E-state index < -0.39 is 0 Å². The molecule has 3 aromatic carbocycles. The lowest BCUT2D eigenvalue weighted by Crippen LogP contribution is -2.10. The van der Waals surface area contributed by atoms with Gasteiger partial charge in [0.2, 0.25) is 0 Å². The topological polar surface area (TPSA) is 30.7 Å². The molecule has 1 heterocycles. The third-order valence-corrected chi connectivity index (χ3v) is 6.59. The minimum absolute atomic E-state index is 0.102. The molecule has 6 heteroatoms. The molecule has 1 aromatic heterocycles. The molecule has 0 atom stereocenters. The zero-order valence-corrected chi connectivity index (χ0v) is 20.0. The number of halogens is 2. The Bertz CT molecular complexity index is 1180. The van der Waals surface area contributed by atoms with Crippen molar-refractivity contribution in [3.63, 3.8) is 0 Å². The van der Waals surface area contributed by atoms with Gasteiger partial charge in [0.25, 0.3) is 0 Å². The lowest BCUT2D eigenvalue weighted by atomic mass is 9.87. The Morgan fingerprint density at radius 3 is 2.23 bits per heavy atom. The number of hydrogen-bond donors (Lipinski definition) is 0. The third kappa shape index (κ3) is 4.98. The Morgan fingerprint density at radius 1 is 0.871 bits per heavy atom. The lowest BCUT2D eigenvalue weighted by molar-refractivity contribution is 0.590. The van der Waals surface area contributed by atoms with E-state index in [4.69, 9.17) is 23.2 Å². The van der Waals surface area contributed by atoms with E-state index in [1.54, 1.807) is 17.8 Å². The highest BCUT2D eigenvalue weighted by molar-refractivity contribution is 7.98. The van der Waals surface area contributed by atoms with Gasteiger partial charge in [0.05, 0.1) is 0 Å². The summed E-state index contributed by atoms with van der Waals surface area (Å²) >= 11 is 14.0. The van der Waals surface area contributed by atoms with E-state index in [1.165, 1.54) is 5.56 Å². The smallest absolute Gasteiger partial charge is 0.196 e. The molecule has 0 unspecified atom stereocenters. The zero-order chi connectivity index (χ0) is 22.0. The zero-order valence-electron chi connectivity index (χ0n) is 17.6. The van der Waals surface area contributed by atoms with E-state index in [0.717, 1.165) is 27.8 Å². The van der Waals surface area contributed by atoms with Gasteiger partial charge < -0.3 is 0 Å². The molecular formula is C25H23Cl2N3S. The van der Waals surface area contributed by atoms with Crippen LogP contribution in [-0.4, -0.2) is 14.8 Å². The average molecular weight is 468 g/mol. The maximum absolute atomic E-state index is 6.36. The maximum Gasteiger partial charge on any atom is 0.196 e. The molecule has 0 radical (unpaired) electrons. The monoisotopic (exact) mass is 467 g/mol. The fourth-order valence-electron chi connectivity index (χ4n) is 3.26. The summed E-state index contributed by atoms with van der Waals surface area (Å²) in [4.78, 5) is 0. The number of nitrogens with zero attached hydrogens (tertiary/aromatic N) is 3. The van der Waals surface area contributed by atoms with Gasteiger partial charge in [-0.25, -0.2) is 0 Å². The molecule has 0 bridgehead atoms. The predicted octanol–water partition coefficient (Wildman–Crippen LogP) is 7.83. The maximum atomic E-state index is 6.36. The van der Waals surface area contributed by atoms with Gasteiger partial charge in [-0.1, -0.05) is 104 Å². The number of hydrogen-bond acceptors (Lipinski definition) is 3. The van der Waals surface area contributed by atoms with E-state index in [2.05, 4.69) is 71.9 Å². The number of benzene rings is 3. The summed E-state index contributed by atoms with van der Waals surface area (Å²) in [6.07, 6.45) is 0. The van der Waals surface area contributed by atoms with Crippen LogP contribution in [0.15, 0.2) is 78.0 Å². The second-order valence-corrected chi connectivity index (χ2v) is 10.1. The van der Waals surface area contributed by atoms with Crippen molar-refractivity contribution in [2.45, 2.75) is 37.1 Å². The van der Waals surface area contributed by atoms with Crippen molar-refractivity contribution in [3.05, 3.63) is 94.0 Å². The van der Waals surface area contributed by atoms with Gasteiger partial charge in [0.15, 0.2) is 11.0 Å². The Balaban J connectivity index is 1.71. The first-order valence-corrected chi connectivity index (χ1v) is 11.8. The molecule has 0 aliphatic heterocycles. The van der Waals surface area contributed by atoms with Crippen molar-refractivity contribution in [1.29, 1.82) is 0 Å². The fraction of sp³-hybridized carbons (Fsp3) is 0.200. The SMILES string of the molecule is CC(C)(C)c1ccc(-c2nnc(SCc3ccc(Cl)cc3Cl)n2-c2ccccc2)cc1. The normalized spacial score (nSPS) is 11.6. The highest BCUT2D eigenvalue weighted by Gasteiger charge is 2.18. The number of thioether (sulfide) groups is 1. The molecule has 3 nitrogen and oxygen atoms in total. The third-order valence-electron chi connectivity index (χ3n) is 5.03. The summed E-state index contributed by atoms with van der Waals surface area (Å²) in [7, 11) is 0. The summed E-state index contributed by atoms with van der Waals surface area (Å²) in [6.45, 7) is 6.64. The van der Waals surface area contributed by atoms with E-state index in [0.29, 0.717) is 15.8 Å². The van der Waals surface area contributed by atoms with Crippen LogP contribution in [0, 0.1) is 0 Å². The molecule has 158 valence electrons. The minimum atomic E-state index is 0.102. The Hall–Kier alpha value is -2.27. The first-order chi connectivity index (χ1) is 14.8. The molecule has 0 amide bonds.